The topological polar surface area (TPSA) is 61.4 Å². The Morgan fingerprint density at radius 3 is 2.36 bits per heavy atom. The van der Waals surface area contributed by atoms with Gasteiger partial charge in [0, 0.05) is 19.3 Å². The SMILES string of the molecule is CCCCN(C)C(=O)C(NC(=O)Nc1ccccc1)C(C)C. The van der Waals surface area contributed by atoms with Crippen molar-refractivity contribution in [1.82, 2.24) is 10.2 Å². The second kappa shape index (κ2) is 9.07. The molecule has 0 aliphatic rings. The molecule has 0 aliphatic carbocycles. The molecule has 2 N–H and O–H groups in total. The lowest BCUT2D eigenvalue weighted by Crippen LogP contribution is -2.51. The maximum atomic E-state index is 12.5. The van der Waals surface area contributed by atoms with E-state index in [1.54, 1.807) is 24.1 Å². The van der Waals surface area contributed by atoms with E-state index in [0.717, 1.165) is 12.8 Å². The summed E-state index contributed by atoms with van der Waals surface area (Å²) < 4.78 is 0. The van der Waals surface area contributed by atoms with Gasteiger partial charge in [0.1, 0.15) is 6.04 Å². The van der Waals surface area contributed by atoms with E-state index in [1.807, 2.05) is 32.0 Å². The summed E-state index contributed by atoms with van der Waals surface area (Å²) in [5.41, 5.74) is 0.703. The molecule has 1 rings (SSSR count). The average Bonchev–Trinajstić information content (AvgIpc) is 2.50. The number of nitrogens with zero attached hydrogens (tertiary/aromatic N) is 1. The van der Waals surface area contributed by atoms with Gasteiger partial charge in [-0.25, -0.2) is 4.79 Å². The number of carbonyl (C=O) groups is 2. The molecule has 0 bridgehead atoms. The summed E-state index contributed by atoms with van der Waals surface area (Å²) in [6, 6.07) is 8.30. The zero-order chi connectivity index (χ0) is 16.5. The molecular formula is C17H27N3O2. The van der Waals surface area contributed by atoms with E-state index in [4.69, 9.17) is 0 Å². The average molecular weight is 305 g/mol. The van der Waals surface area contributed by atoms with Crippen molar-refractivity contribution in [3.63, 3.8) is 0 Å². The van der Waals surface area contributed by atoms with Crippen LogP contribution < -0.4 is 10.6 Å². The zero-order valence-corrected chi connectivity index (χ0v) is 13.9. The molecule has 122 valence electrons. The second-order valence-corrected chi connectivity index (χ2v) is 5.80. The van der Waals surface area contributed by atoms with Crippen molar-refractivity contribution in [2.75, 3.05) is 18.9 Å². The van der Waals surface area contributed by atoms with E-state index in [-0.39, 0.29) is 17.9 Å². The molecule has 0 saturated heterocycles. The largest absolute Gasteiger partial charge is 0.344 e. The van der Waals surface area contributed by atoms with E-state index < -0.39 is 6.04 Å². The van der Waals surface area contributed by atoms with Gasteiger partial charge in [0.05, 0.1) is 0 Å². The Kier molecular flexibility index (Phi) is 7.43. The highest BCUT2D eigenvalue weighted by Gasteiger charge is 2.26. The van der Waals surface area contributed by atoms with Crippen molar-refractivity contribution < 1.29 is 9.59 Å². The zero-order valence-electron chi connectivity index (χ0n) is 13.9. The first-order valence-corrected chi connectivity index (χ1v) is 7.83. The fraction of sp³-hybridized carbons (Fsp3) is 0.529. The maximum absolute atomic E-state index is 12.5. The highest BCUT2D eigenvalue weighted by molar-refractivity contribution is 5.93. The minimum Gasteiger partial charge on any atom is -0.344 e. The summed E-state index contributed by atoms with van der Waals surface area (Å²) in [7, 11) is 1.78. The molecule has 1 unspecified atom stereocenters. The van der Waals surface area contributed by atoms with Gasteiger partial charge in [-0.05, 0) is 24.5 Å². The number of hydrogen-bond donors (Lipinski definition) is 2. The molecule has 0 fully saturated rings. The van der Waals surface area contributed by atoms with Gasteiger partial charge in [-0.1, -0.05) is 45.4 Å². The molecule has 0 aromatic heterocycles. The number of likely N-dealkylation sites (N-methyl/N-ethyl adjacent to an activating group) is 1. The Balaban J connectivity index is 2.63. The van der Waals surface area contributed by atoms with E-state index in [2.05, 4.69) is 17.6 Å². The number of amides is 3. The lowest BCUT2D eigenvalue weighted by molar-refractivity contribution is -0.132. The van der Waals surface area contributed by atoms with Crippen molar-refractivity contribution in [3.05, 3.63) is 30.3 Å². The summed E-state index contributed by atoms with van der Waals surface area (Å²) in [4.78, 5) is 26.2. The van der Waals surface area contributed by atoms with Crippen molar-refractivity contribution in [3.8, 4) is 0 Å². The first-order valence-electron chi connectivity index (χ1n) is 7.83. The smallest absolute Gasteiger partial charge is 0.319 e. The highest BCUT2D eigenvalue weighted by atomic mass is 16.2. The predicted molar refractivity (Wildman–Crippen MR) is 89.8 cm³/mol. The second-order valence-electron chi connectivity index (χ2n) is 5.80. The number of urea groups is 1. The third-order valence-electron chi connectivity index (χ3n) is 3.47. The summed E-state index contributed by atoms with van der Waals surface area (Å²) in [5, 5.41) is 5.52. The fourth-order valence-electron chi connectivity index (χ4n) is 2.09. The predicted octanol–water partition coefficient (Wildman–Crippen LogP) is 3.09. The van der Waals surface area contributed by atoms with Crippen LogP contribution in [0.2, 0.25) is 0 Å². The van der Waals surface area contributed by atoms with E-state index in [9.17, 15) is 9.59 Å². The van der Waals surface area contributed by atoms with Crippen LogP contribution >= 0.6 is 0 Å². The lowest BCUT2D eigenvalue weighted by atomic mass is 10.0. The standard InChI is InChI=1S/C17H27N3O2/c1-5-6-12-20(4)16(21)15(13(2)3)19-17(22)18-14-10-8-7-9-11-14/h7-11,13,15H,5-6,12H2,1-4H3,(H2,18,19,22). The number of benzene rings is 1. The summed E-state index contributed by atoms with van der Waals surface area (Å²) in [5.74, 6) is -0.0234. The highest BCUT2D eigenvalue weighted by Crippen LogP contribution is 2.08. The van der Waals surface area contributed by atoms with Crippen LogP contribution in [-0.2, 0) is 4.79 Å². The van der Waals surface area contributed by atoms with Gasteiger partial charge in [0.15, 0.2) is 0 Å². The van der Waals surface area contributed by atoms with Gasteiger partial charge in [-0.3, -0.25) is 4.79 Å². The number of anilines is 1. The minimum atomic E-state index is -0.523. The van der Waals surface area contributed by atoms with Crippen LogP contribution in [0.15, 0.2) is 30.3 Å². The third-order valence-corrected chi connectivity index (χ3v) is 3.47. The number of hydrogen-bond acceptors (Lipinski definition) is 2. The lowest BCUT2D eigenvalue weighted by Gasteiger charge is -2.27. The number of rotatable bonds is 7. The molecule has 0 aliphatic heterocycles. The van der Waals surface area contributed by atoms with Crippen LogP contribution in [-0.4, -0.2) is 36.5 Å². The van der Waals surface area contributed by atoms with Crippen LogP contribution in [0.3, 0.4) is 0 Å². The van der Waals surface area contributed by atoms with Crippen molar-refractivity contribution in [1.29, 1.82) is 0 Å². The van der Waals surface area contributed by atoms with Crippen LogP contribution in [0.4, 0.5) is 10.5 Å². The minimum absolute atomic E-state index is 0.0260. The molecule has 1 atom stereocenters. The monoisotopic (exact) mass is 305 g/mol. The number of nitrogens with one attached hydrogen (secondary N) is 2. The Morgan fingerprint density at radius 1 is 1.18 bits per heavy atom. The molecule has 0 spiro atoms. The molecule has 0 saturated carbocycles. The van der Waals surface area contributed by atoms with Gasteiger partial charge < -0.3 is 15.5 Å². The van der Waals surface area contributed by atoms with Gasteiger partial charge in [0.2, 0.25) is 5.91 Å². The number of unbranched alkanes of at least 4 members (excludes halogenated alkanes) is 1. The quantitative estimate of drug-likeness (QED) is 0.813. The Morgan fingerprint density at radius 2 is 1.82 bits per heavy atom. The molecule has 1 aromatic rings. The summed E-state index contributed by atoms with van der Waals surface area (Å²) in [6.45, 7) is 6.66. The third kappa shape index (κ3) is 5.76. The Bertz CT molecular complexity index is 474. The van der Waals surface area contributed by atoms with Crippen LogP contribution in [0.1, 0.15) is 33.6 Å². The van der Waals surface area contributed by atoms with E-state index in [0.29, 0.717) is 12.2 Å². The van der Waals surface area contributed by atoms with Gasteiger partial charge in [-0.2, -0.15) is 0 Å². The molecule has 3 amide bonds. The molecular weight excluding hydrogens is 278 g/mol. The summed E-state index contributed by atoms with van der Waals surface area (Å²) in [6.07, 6.45) is 2.00. The maximum Gasteiger partial charge on any atom is 0.319 e. The summed E-state index contributed by atoms with van der Waals surface area (Å²) >= 11 is 0. The van der Waals surface area contributed by atoms with Crippen LogP contribution in [0.5, 0.6) is 0 Å². The van der Waals surface area contributed by atoms with Gasteiger partial charge in [0.25, 0.3) is 0 Å². The van der Waals surface area contributed by atoms with Crippen molar-refractivity contribution >= 4 is 17.6 Å². The Hall–Kier alpha value is -2.04. The van der Waals surface area contributed by atoms with Crippen molar-refractivity contribution in [2.24, 2.45) is 5.92 Å². The van der Waals surface area contributed by atoms with E-state index in [1.165, 1.54) is 0 Å². The fourth-order valence-corrected chi connectivity index (χ4v) is 2.09. The number of carbonyl (C=O) groups excluding carboxylic acids is 2. The molecule has 22 heavy (non-hydrogen) atoms. The van der Waals surface area contributed by atoms with Crippen LogP contribution in [0.25, 0.3) is 0 Å². The molecule has 5 nitrogen and oxygen atoms in total. The van der Waals surface area contributed by atoms with Crippen molar-refractivity contribution in [2.45, 2.75) is 39.7 Å². The first-order chi connectivity index (χ1) is 10.5. The first kappa shape index (κ1) is 18.0. The number of para-hydroxylation sites is 1. The molecule has 5 heteroatoms. The molecule has 0 radical (unpaired) electrons. The van der Waals surface area contributed by atoms with E-state index >= 15 is 0 Å². The molecule has 1 aromatic carbocycles. The van der Waals surface area contributed by atoms with Gasteiger partial charge in [-0.15, -0.1) is 0 Å². The Labute approximate surface area is 133 Å². The molecule has 0 heterocycles. The van der Waals surface area contributed by atoms with Crippen LogP contribution in [0, 0.1) is 5.92 Å². The van der Waals surface area contributed by atoms with Gasteiger partial charge >= 0.3 is 6.03 Å². The normalized spacial score (nSPS) is 11.9.